The molecule has 3 nitrogen and oxygen atoms in total. The molecule has 3 atom stereocenters. The highest BCUT2D eigenvalue weighted by Crippen LogP contribution is 2.19. The molecule has 2 heterocycles. The predicted octanol–water partition coefficient (Wildman–Crippen LogP) is 2.04. The largest absolute Gasteiger partial charge is 0.378 e. The zero-order valence-electron chi connectivity index (χ0n) is 10.9. The van der Waals surface area contributed by atoms with E-state index >= 15 is 0 Å². The highest BCUT2D eigenvalue weighted by Gasteiger charge is 2.23. The molecule has 0 aromatic carbocycles. The number of likely N-dealkylation sites (tertiary alicyclic amines) is 1. The van der Waals surface area contributed by atoms with Gasteiger partial charge in [-0.3, -0.25) is 0 Å². The molecule has 2 fully saturated rings. The summed E-state index contributed by atoms with van der Waals surface area (Å²) in [6.45, 7) is 6.80. The average molecular weight is 263 g/mol. The molecule has 2 N–H and O–H groups in total. The van der Waals surface area contributed by atoms with Gasteiger partial charge in [-0.2, -0.15) is 0 Å². The molecule has 0 aliphatic carbocycles. The van der Waals surface area contributed by atoms with E-state index < -0.39 is 0 Å². The molecule has 0 bridgehead atoms. The Morgan fingerprint density at radius 2 is 2.12 bits per heavy atom. The van der Waals surface area contributed by atoms with Crippen molar-refractivity contribution < 1.29 is 4.74 Å². The van der Waals surface area contributed by atoms with Gasteiger partial charge in [0.1, 0.15) is 0 Å². The normalized spacial score (nSPS) is 35.3. The molecule has 0 aromatic heterocycles. The predicted molar refractivity (Wildman–Crippen MR) is 73.7 cm³/mol. The van der Waals surface area contributed by atoms with E-state index in [4.69, 9.17) is 10.5 Å². The number of halogens is 1. The molecule has 3 unspecified atom stereocenters. The fraction of sp³-hybridized carbons (Fsp3) is 1.00. The zero-order chi connectivity index (χ0) is 11.4. The van der Waals surface area contributed by atoms with Gasteiger partial charge in [0.2, 0.25) is 0 Å². The van der Waals surface area contributed by atoms with Crippen LogP contribution < -0.4 is 5.73 Å². The summed E-state index contributed by atoms with van der Waals surface area (Å²) < 4.78 is 5.77. The molecule has 0 radical (unpaired) electrons. The molecule has 0 spiro atoms. The summed E-state index contributed by atoms with van der Waals surface area (Å²) in [4.78, 5) is 2.56. The van der Waals surface area contributed by atoms with Crippen LogP contribution >= 0.6 is 12.4 Å². The molecule has 2 rings (SSSR count). The molecular formula is C13H27ClN2O. The Bertz CT molecular complexity index is 210. The molecule has 2 aliphatic heterocycles. The van der Waals surface area contributed by atoms with Crippen LogP contribution in [0.1, 0.15) is 39.0 Å². The molecular weight excluding hydrogens is 236 g/mol. The zero-order valence-corrected chi connectivity index (χ0v) is 11.8. The van der Waals surface area contributed by atoms with E-state index in [0.29, 0.717) is 18.1 Å². The van der Waals surface area contributed by atoms with Crippen LogP contribution in [0.25, 0.3) is 0 Å². The number of ether oxygens (including phenoxy) is 1. The number of piperidine rings is 1. The fourth-order valence-corrected chi connectivity index (χ4v) is 2.81. The first-order chi connectivity index (χ1) is 7.75. The van der Waals surface area contributed by atoms with Gasteiger partial charge < -0.3 is 15.4 Å². The van der Waals surface area contributed by atoms with E-state index in [9.17, 15) is 0 Å². The highest BCUT2D eigenvalue weighted by atomic mass is 35.5. The number of hydrogen-bond acceptors (Lipinski definition) is 3. The topological polar surface area (TPSA) is 38.5 Å². The summed E-state index contributed by atoms with van der Waals surface area (Å²) in [7, 11) is 0. The quantitative estimate of drug-likeness (QED) is 0.846. The summed E-state index contributed by atoms with van der Waals surface area (Å²) in [6, 6.07) is 0.419. The van der Waals surface area contributed by atoms with E-state index in [2.05, 4.69) is 11.8 Å². The van der Waals surface area contributed by atoms with E-state index in [1.807, 2.05) is 0 Å². The van der Waals surface area contributed by atoms with Gasteiger partial charge in [-0.1, -0.05) is 6.92 Å². The molecule has 0 aromatic rings. The van der Waals surface area contributed by atoms with Crippen LogP contribution in [-0.2, 0) is 4.74 Å². The Morgan fingerprint density at radius 1 is 1.29 bits per heavy atom. The third-order valence-electron chi connectivity index (χ3n) is 4.10. The first-order valence-electron chi connectivity index (χ1n) is 6.85. The van der Waals surface area contributed by atoms with Gasteiger partial charge in [-0.15, -0.1) is 12.4 Å². The first kappa shape index (κ1) is 15.2. The third-order valence-corrected chi connectivity index (χ3v) is 4.10. The minimum atomic E-state index is 0. The van der Waals surface area contributed by atoms with Crippen molar-refractivity contribution in [2.24, 2.45) is 11.7 Å². The maximum Gasteiger partial charge on any atom is 0.0587 e. The van der Waals surface area contributed by atoms with Crippen LogP contribution in [0.4, 0.5) is 0 Å². The minimum absolute atomic E-state index is 0. The summed E-state index contributed by atoms with van der Waals surface area (Å²) in [6.07, 6.45) is 6.77. The summed E-state index contributed by atoms with van der Waals surface area (Å²) in [5, 5.41) is 0. The highest BCUT2D eigenvalue weighted by molar-refractivity contribution is 5.85. The van der Waals surface area contributed by atoms with Crippen molar-refractivity contribution in [2.45, 2.75) is 51.2 Å². The molecule has 17 heavy (non-hydrogen) atoms. The maximum absolute atomic E-state index is 6.03. The first-order valence-corrected chi connectivity index (χ1v) is 6.85. The van der Waals surface area contributed by atoms with Crippen molar-refractivity contribution in [3.8, 4) is 0 Å². The molecule has 0 saturated carbocycles. The lowest BCUT2D eigenvalue weighted by Crippen LogP contribution is -2.46. The molecule has 2 aliphatic rings. The second kappa shape index (κ2) is 7.57. The lowest BCUT2D eigenvalue weighted by atomic mass is 9.94. The lowest BCUT2D eigenvalue weighted by Gasteiger charge is -2.36. The number of nitrogens with zero attached hydrogens (tertiary/aromatic N) is 1. The van der Waals surface area contributed by atoms with Gasteiger partial charge >= 0.3 is 0 Å². The lowest BCUT2D eigenvalue weighted by molar-refractivity contribution is 0.00288. The number of hydrogen-bond donors (Lipinski definition) is 1. The Morgan fingerprint density at radius 3 is 2.76 bits per heavy atom. The smallest absolute Gasteiger partial charge is 0.0587 e. The summed E-state index contributed by atoms with van der Waals surface area (Å²) >= 11 is 0. The standard InChI is InChI=1S/C13H26N2O.ClH/c1-11-10-15(8-6-13(11)14)7-5-12-4-2-3-9-16-12;/h11-13H,2-10,14H2,1H3;1H. The van der Waals surface area contributed by atoms with Gasteiger partial charge in [0, 0.05) is 25.7 Å². The van der Waals surface area contributed by atoms with E-state index in [0.717, 1.165) is 13.0 Å². The van der Waals surface area contributed by atoms with Crippen molar-refractivity contribution in [3.63, 3.8) is 0 Å². The van der Waals surface area contributed by atoms with E-state index in [-0.39, 0.29) is 12.4 Å². The monoisotopic (exact) mass is 262 g/mol. The van der Waals surface area contributed by atoms with Crippen molar-refractivity contribution >= 4 is 12.4 Å². The Hall–Kier alpha value is 0.170. The van der Waals surface area contributed by atoms with Gasteiger partial charge in [0.15, 0.2) is 0 Å². The second-order valence-corrected chi connectivity index (χ2v) is 5.51. The Labute approximate surface area is 111 Å². The van der Waals surface area contributed by atoms with Gasteiger partial charge in [-0.25, -0.2) is 0 Å². The van der Waals surface area contributed by atoms with E-state index in [1.54, 1.807) is 0 Å². The van der Waals surface area contributed by atoms with Crippen molar-refractivity contribution in [3.05, 3.63) is 0 Å². The van der Waals surface area contributed by atoms with Crippen LogP contribution in [0.5, 0.6) is 0 Å². The number of rotatable bonds is 3. The van der Waals surface area contributed by atoms with Gasteiger partial charge in [0.05, 0.1) is 6.10 Å². The van der Waals surface area contributed by atoms with Crippen molar-refractivity contribution in [1.82, 2.24) is 4.90 Å². The average Bonchev–Trinajstić information content (AvgIpc) is 2.32. The fourth-order valence-electron chi connectivity index (χ4n) is 2.81. The Balaban J connectivity index is 0.00000144. The minimum Gasteiger partial charge on any atom is -0.378 e. The molecule has 0 amide bonds. The third kappa shape index (κ3) is 4.74. The SMILES string of the molecule is CC1CN(CCC2CCCCO2)CCC1N.Cl. The van der Waals surface area contributed by atoms with Crippen molar-refractivity contribution in [2.75, 3.05) is 26.2 Å². The van der Waals surface area contributed by atoms with E-state index in [1.165, 1.54) is 45.3 Å². The Kier molecular flexibility index (Phi) is 6.78. The number of nitrogens with two attached hydrogens (primary N) is 1. The van der Waals surface area contributed by atoms with Crippen LogP contribution in [0.2, 0.25) is 0 Å². The van der Waals surface area contributed by atoms with Crippen LogP contribution in [0.15, 0.2) is 0 Å². The van der Waals surface area contributed by atoms with Crippen LogP contribution in [0.3, 0.4) is 0 Å². The van der Waals surface area contributed by atoms with Crippen LogP contribution in [0, 0.1) is 5.92 Å². The van der Waals surface area contributed by atoms with Gasteiger partial charge in [-0.05, 0) is 44.6 Å². The molecule has 4 heteroatoms. The maximum atomic E-state index is 6.03. The van der Waals surface area contributed by atoms with Crippen LogP contribution in [-0.4, -0.2) is 43.3 Å². The van der Waals surface area contributed by atoms with Gasteiger partial charge in [0.25, 0.3) is 0 Å². The van der Waals surface area contributed by atoms with Crippen molar-refractivity contribution in [1.29, 1.82) is 0 Å². The second-order valence-electron chi connectivity index (χ2n) is 5.51. The molecule has 2 saturated heterocycles. The summed E-state index contributed by atoms with van der Waals surface area (Å²) in [5.74, 6) is 0.654. The summed E-state index contributed by atoms with van der Waals surface area (Å²) in [5.41, 5.74) is 6.03. The molecule has 102 valence electrons.